The number of rotatable bonds is 7. The van der Waals surface area contributed by atoms with Crippen LogP contribution in [0.4, 0.5) is 10.1 Å². The first-order valence-electron chi connectivity index (χ1n) is 17.0. The Morgan fingerprint density at radius 2 is 1.63 bits per heavy atom. The number of ether oxygens (including phenoxy) is 2. The van der Waals surface area contributed by atoms with E-state index in [0.717, 1.165) is 62.4 Å². The minimum atomic E-state index is -0.245. The van der Waals surface area contributed by atoms with E-state index < -0.39 is 0 Å². The highest BCUT2D eigenvalue weighted by atomic mass is 19.1. The number of nitrogens with zero attached hydrogens (tertiary/aromatic N) is 2. The van der Waals surface area contributed by atoms with Crippen LogP contribution in [0, 0.1) is 11.2 Å². The fraction of sp³-hybridized carbons (Fsp3) is 0.629. The van der Waals surface area contributed by atoms with Crippen LogP contribution >= 0.6 is 0 Å². The van der Waals surface area contributed by atoms with Crippen LogP contribution in [-0.4, -0.2) is 75.4 Å². The number of carbonyl (C=O) groups is 1. The van der Waals surface area contributed by atoms with Gasteiger partial charge in [-0.2, -0.15) is 0 Å². The number of anilines is 1. The van der Waals surface area contributed by atoms with Gasteiger partial charge in [-0.1, -0.05) is 19.3 Å². The molecule has 2 aromatic carbocycles. The van der Waals surface area contributed by atoms with Crippen molar-refractivity contribution in [1.82, 2.24) is 4.90 Å². The van der Waals surface area contributed by atoms with Crippen molar-refractivity contribution in [2.24, 2.45) is 5.41 Å². The van der Waals surface area contributed by atoms with E-state index in [1.165, 1.54) is 69.7 Å². The van der Waals surface area contributed by atoms with Crippen LogP contribution in [0.1, 0.15) is 86.0 Å². The van der Waals surface area contributed by atoms with Crippen LogP contribution in [0.25, 0.3) is 0 Å². The molecule has 1 atom stereocenters. The van der Waals surface area contributed by atoms with E-state index in [1.54, 1.807) is 6.07 Å². The number of likely N-dealkylation sites (tertiary alicyclic amines) is 1. The van der Waals surface area contributed by atoms with Crippen molar-refractivity contribution in [3.05, 3.63) is 53.3 Å². The quantitative estimate of drug-likeness (QED) is 0.517. The summed E-state index contributed by atoms with van der Waals surface area (Å²) < 4.78 is 27.4. The molecule has 4 saturated heterocycles. The molecule has 7 nitrogen and oxygen atoms in total. The van der Waals surface area contributed by atoms with Gasteiger partial charge < -0.3 is 29.9 Å². The monoisotopic (exact) mass is 592 g/mol. The molecule has 0 radical (unpaired) electrons. The third-order valence-electron chi connectivity index (χ3n) is 10.8. The lowest BCUT2D eigenvalue weighted by Gasteiger charge is -2.52. The molecule has 4 heterocycles. The van der Waals surface area contributed by atoms with E-state index >= 15 is 0 Å². The number of hydrogen-bond acceptors (Lipinski definition) is 4. The molecule has 5 fully saturated rings. The Bertz CT molecular complexity index is 1270. The summed E-state index contributed by atoms with van der Waals surface area (Å²) in [5, 5.41) is 4.72. The molecule has 7 rings (SSSR count). The van der Waals surface area contributed by atoms with Gasteiger partial charge in [-0.15, -0.1) is 0 Å². The minimum absolute atomic E-state index is 0.0212. The Labute approximate surface area is 255 Å². The maximum absolute atomic E-state index is 14.6. The molecular weight excluding hydrogens is 543 g/mol. The number of piperidine rings is 2. The van der Waals surface area contributed by atoms with Crippen LogP contribution in [0.15, 0.2) is 36.4 Å². The summed E-state index contributed by atoms with van der Waals surface area (Å²) in [5.74, 6) is 1.91. The van der Waals surface area contributed by atoms with Crippen LogP contribution in [0.5, 0.6) is 11.5 Å². The number of nitrogens with two attached hydrogens (primary N) is 2. The summed E-state index contributed by atoms with van der Waals surface area (Å²) in [4.78, 5) is 17.9. The predicted octanol–water partition coefficient (Wildman–Crippen LogP) is 3.44. The number of quaternary nitrogens is 2. The van der Waals surface area contributed by atoms with Gasteiger partial charge in [-0.3, -0.25) is 4.79 Å². The third kappa shape index (κ3) is 6.51. The Hall–Kier alpha value is -2.84. The Balaban J connectivity index is 0.969. The summed E-state index contributed by atoms with van der Waals surface area (Å²) in [6.45, 7) is 7.85. The highest BCUT2D eigenvalue weighted by Crippen LogP contribution is 2.42. The van der Waals surface area contributed by atoms with Gasteiger partial charge in [0, 0.05) is 87.1 Å². The van der Waals surface area contributed by atoms with Crippen LogP contribution < -0.4 is 25.0 Å². The fourth-order valence-electron chi connectivity index (χ4n) is 8.23. The second-order valence-corrected chi connectivity index (χ2v) is 13.9. The van der Waals surface area contributed by atoms with Gasteiger partial charge in [0.25, 0.3) is 5.91 Å². The molecule has 1 spiro atoms. The lowest BCUT2D eigenvalue weighted by atomic mass is 9.72. The first-order chi connectivity index (χ1) is 21.0. The SMILES string of the molecule is O=C(c1ccc(O[C@H]2CC[NH2+]C2)c(C2CCCCC2)c1)N1CCC(Oc2cc(F)cc(N3CC4(CC[NH2+]CC4)C3)c2)CC1. The molecule has 1 saturated carbocycles. The van der Waals surface area contributed by atoms with Gasteiger partial charge in [0.05, 0.1) is 19.6 Å². The first kappa shape index (κ1) is 28.9. The molecule has 1 aliphatic carbocycles. The normalized spacial score (nSPS) is 24.6. The van der Waals surface area contributed by atoms with Crippen molar-refractivity contribution in [3.63, 3.8) is 0 Å². The van der Waals surface area contributed by atoms with Crippen molar-refractivity contribution < 1.29 is 29.3 Å². The van der Waals surface area contributed by atoms with Crippen molar-refractivity contribution in [3.8, 4) is 11.5 Å². The van der Waals surface area contributed by atoms with Gasteiger partial charge in [0.15, 0.2) is 6.10 Å². The molecule has 0 unspecified atom stereocenters. The van der Waals surface area contributed by atoms with E-state index in [-0.39, 0.29) is 23.9 Å². The molecular formula is C35H49FN4O3+2. The zero-order chi connectivity index (χ0) is 29.2. The van der Waals surface area contributed by atoms with E-state index in [9.17, 15) is 9.18 Å². The number of halogens is 1. The smallest absolute Gasteiger partial charge is 0.253 e. The summed E-state index contributed by atoms with van der Waals surface area (Å²) in [5.41, 5.74) is 3.34. The Kier molecular flexibility index (Phi) is 8.50. The molecule has 0 aromatic heterocycles. The van der Waals surface area contributed by atoms with Crippen molar-refractivity contribution in [2.75, 3.05) is 57.3 Å². The number of amides is 1. The summed E-state index contributed by atoms with van der Waals surface area (Å²) >= 11 is 0. The number of benzene rings is 2. The van der Waals surface area contributed by atoms with Crippen LogP contribution in [0.3, 0.4) is 0 Å². The van der Waals surface area contributed by atoms with E-state index in [2.05, 4.69) is 27.7 Å². The molecule has 43 heavy (non-hydrogen) atoms. The average molecular weight is 593 g/mol. The molecule has 4 aliphatic heterocycles. The molecule has 0 bridgehead atoms. The number of carbonyl (C=O) groups excluding carboxylic acids is 1. The van der Waals surface area contributed by atoms with E-state index in [4.69, 9.17) is 9.47 Å². The van der Waals surface area contributed by atoms with E-state index in [1.807, 2.05) is 17.0 Å². The maximum atomic E-state index is 14.6. The van der Waals surface area contributed by atoms with Crippen LogP contribution in [-0.2, 0) is 0 Å². The average Bonchev–Trinajstić information content (AvgIpc) is 3.54. The standard InChI is InChI=1S/C35H47FN4O3/c36-27-19-28(40-23-35(24-40)11-14-37-15-12-35)21-31(20-27)42-29-9-16-39(17-10-29)34(41)26-6-7-33(43-30-8-13-38-22-30)32(18-26)25-4-2-1-3-5-25/h6-7,18-21,25,29-30,37-38H,1-5,8-17,22-24H2/p+2/t30-/m0/s1. The first-order valence-corrected chi connectivity index (χ1v) is 17.0. The molecule has 1 amide bonds. The molecule has 8 heteroatoms. The minimum Gasteiger partial charge on any atom is -0.490 e. The van der Waals surface area contributed by atoms with Gasteiger partial charge in [0.1, 0.15) is 30.0 Å². The molecule has 2 aromatic rings. The third-order valence-corrected chi connectivity index (χ3v) is 10.8. The van der Waals surface area contributed by atoms with Gasteiger partial charge in [-0.25, -0.2) is 4.39 Å². The second-order valence-electron chi connectivity index (χ2n) is 13.9. The van der Waals surface area contributed by atoms with Gasteiger partial charge >= 0.3 is 0 Å². The highest BCUT2D eigenvalue weighted by molar-refractivity contribution is 5.94. The summed E-state index contributed by atoms with van der Waals surface area (Å²) in [7, 11) is 0. The highest BCUT2D eigenvalue weighted by Gasteiger charge is 2.45. The van der Waals surface area contributed by atoms with Crippen LogP contribution in [0.2, 0.25) is 0 Å². The Morgan fingerprint density at radius 3 is 2.37 bits per heavy atom. The van der Waals surface area contributed by atoms with Crippen molar-refractivity contribution in [2.45, 2.75) is 82.3 Å². The van der Waals surface area contributed by atoms with Crippen molar-refractivity contribution in [1.29, 1.82) is 0 Å². The molecule has 5 aliphatic rings. The fourth-order valence-corrected chi connectivity index (χ4v) is 8.23. The summed E-state index contributed by atoms with van der Waals surface area (Å²) in [6, 6.07) is 11.3. The second kappa shape index (κ2) is 12.6. The number of hydrogen-bond donors (Lipinski definition) is 2. The predicted molar refractivity (Wildman–Crippen MR) is 164 cm³/mol. The zero-order valence-electron chi connectivity index (χ0n) is 25.6. The zero-order valence-corrected chi connectivity index (χ0v) is 25.6. The molecule has 4 N–H and O–H groups in total. The molecule has 232 valence electrons. The maximum Gasteiger partial charge on any atom is 0.253 e. The topological polar surface area (TPSA) is 75.2 Å². The Morgan fingerprint density at radius 1 is 0.837 bits per heavy atom. The summed E-state index contributed by atoms with van der Waals surface area (Å²) in [6.07, 6.45) is 11.4. The van der Waals surface area contributed by atoms with Gasteiger partial charge in [-0.05, 0) is 48.6 Å². The van der Waals surface area contributed by atoms with E-state index in [0.29, 0.717) is 30.2 Å². The van der Waals surface area contributed by atoms with Gasteiger partial charge in [0.2, 0.25) is 0 Å². The largest absolute Gasteiger partial charge is 0.490 e. The lowest BCUT2D eigenvalue weighted by molar-refractivity contribution is -0.668. The van der Waals surface area contributed by atoms with Crippen molar-refractivity contribution >= 4 is 11.6 Å². The lowest BCUT2D eigenvalue weighted by Crippen LogP contribution is -2.88.